The van der Waals surface area contributed by atoms with E-state index in [4.69, 9.17) is 4.74 Å². The van der Waals surface area contributed by atoms with Crippen molar-refractivity contribution in [2.45, 2.75) is 41.1 Å². The van der Waals surface area contributed by atoms with Crippen LogP contribution >= 0.6 is 31.9 Å². The Balaban J connectivity index is 2.05. The van der Waals surface area contributed by atoms with Crippen LogP contribution in [-0.2, 0) is 4.74 Å². The molecule has 0 bridgehead atoms. The van der Waals surface area contributed by atoms with Crippen LogP contribution < -0.4 is 0 Å². The van der Waals surface area contributed by atoms with E-state index < -0.39 is 0 Å². The van der Waals surface area contributed by atoms with Crippen LogP contribution in [0.2, 0.25) is 0 Å². The minimum atomic E-state index is 0.221. The van der Waals surface area contributed by atoms with Gasteiger partial charge in [-0.15, -0.1) is 0 Å². The number of halogens is 2. The molecule has 0 unspecified atom stereocenters. The molecule has 10 heavy (non-hydrogen) atoms. The maximum absolute atomic E-state index is 5.55. The molecule has 0 amide bonds. The van der Waals surface area contributed by atoms with E-state index in [0.717, 1.165) is 12.8 Å². The van der Waals surface area contributed by atoms with E-state index in [1.165, 1.54) is 0 Å². The van der Waals surface area contributed by atoms with E-state index in [1.54, 1.807) is 0 Å². The summed E-state index contributed by atoms with van der Waals surface area (Å²) in [6.45, 7) is 2.20. The lowest BCUT2D eigenvalue weighted by Gasteiger charge is -2.22. The molecule has 0 spiro atoms. The highest BCUT2D eigenvalue weighted by molar-refractivity contribution is 9.12. The predicted molar refractivity (Wildman–Crippen MR) is 47.9 cm³/mol. The summed E-state index contributed by atoms with van der Waals surface area (Å²) < 4.78 is 5.55. The third kappa shape index (κ3) is 1.07. The van der Waals surface area contributed by atoms with Crippen LogP contribution in [0.5, 0.6) is 0 Å². The van der Waals surface area contributed by atoms with E-state index in [9.17, 15) is 0 Å². The minimum Gasteiger partial charge on any atom is -0.366 e. The molecule has 1 aliphatic carbocycles. The molecular formula is C7H10Br2O. The molecule has 0 aromatic carbocycles. The summed E-state index contributed by atoms with van der Waals surface area (Å²) in [5, 5.41) is 0. The smallest absolute Gasteiger partial charge is 0.0931 e. The quantitative estimate of drug-likeness (QED) is 0.486. The first kappa shape index (κ1) is 7.56. The van der Waals surface area contributed by atoms with Crippen molar-refractivity contribution in [3.63, 3.8) is 0 Å². The maximum Gasteiger partial charge on any atom is 0.0931 e. The average Bonchev–Trinajstić information content (AvgIpc) is 2.41. The van der Waals surface area contributed by atoms with Crippen molar-refractivity contribution >= 4 is 31.9 Å². The van der Waals surface area contributed by atoms with Crippen molar-refractivity contribution in [2.75, 3.05) is 0 Å². The third-order valence-corrected chi connectivity index (χ3v) is 5.15. The molecule has 1 aliphatic heterocycles. The fourth-order valence-corrected chi connectivity index (χ4v) is 3.02. The van der Waals surface area contributed by atoms with Crippen molar-refractivity contribution in [1.82, 2.24) is 0 Å². The number of ether oxygens (including phenoxy) is 1. The fraction of sp³-hybridized carbons (Fsp3) is 1.00. The monoisotopic (exact) mass is 268 g/mol. The highest BCUT2D eigenvalue weighted by Crippen LogP contribution is 2.50. The van der Waals surface area contributed by atoms with Gasteiger partial charge >= 0.3 is 0 Å². The van der Waals surface area contributed by atoms with Crippen LogP contribution in [0.4, 0.5) is 0 Å². The molecule has 0 radical (unpaired) electrons. The summed E-state index contributed by atoms with van der Waals surface area (Å²) in [6, 6.07) is 0. The molecule has 1 saturated heterocycles. The van der Waals surface area contributed by atoms with E-state index in [0.29, 0.717) is 15.8 Å². The molecule has 1 heterocycles. The molecule has 3 heteroatoms. The summed E-state index contributed by atoms with van der Waals surface area (Å²) in [5.74, 6) is 0. The largest absolute Gasteiger partial charge is 0.366 e. The summed E-state index contributed by atoms with van der Waals surface area (Å²) in [5.41, 5.74) is 0.221. The van der Waals surface area contributed by atoms with Gasteiger partial charge in [0.05, 0.1) is 11.7 Å². The molecule has 2 rings (SSSR count). The lowest BCUT2D eigenvalue weighted by Crippen LogP contribution is -2.30. The first-order valence-electron chi connectivity index (χ1n) is 3.58. The number of hydrogen-bond acceptors (Lipinski definition) is 1. The molecule has 4 atom stereocenters. The van der Waals surface area contributed by atoms with Gasteiger partial charge in [-0.2, -0.15) is 0 Å². The molecule has 1 nitrogen and oxygen atoms in total. The van der Waals surface area contributed by atoms with Gasteiger partial charge in [-0.1, -0.05) is 31.9 Å². The van der Waals surface area contributed by atoms with Crippen LogP contribution in [0.15, 0.2) is 0 Å². The highest BCUT2D eigenvalue weighted by Gasteiger charge is 2.57. The number of hydrogen-bond donors (Lipinski definition) is 0. The standard InChI is InChI=1S/C7H10Br2O/c1-7-3-5(9)4(8)2-6(7)10-7/h4-6H,2-3H2,1H3/t4-,5-,6+,7-/m1/s1. The van der Waals surface area contributed by atoms with Crippen molar-refractivity contribution < 1.29 is 4.74 Å². The second-order valence-corrected chi connectivity index (χ2v) is 5.74. The van der Waals surface area contributed by atoms with Gasteiger partial charge in [0.15, 0.2) is 0 Å². The van der Waals surface area contributed by atoms with Gasteiger partial charge in [-0.05, 0) is 19.8 Å². The Kier molecular flexibility index (Phi) is 1.67. The van der Waals surface area contributed by atoms with Crippen LogP contribution in [0.25, 0.3) is 0 Å². The third-order valence-electron chi connectivity index (χ3n) is 2.47. The van der Waals surface area contributed by atoms with Gasteiger partial charge in [0.2, 0.25) is 0 Å². The molecule has 1 saturated carbocycles. The zero-order valence-corrected chi connectivity index (χ0v) is 8.98. The normalized spacial score (nSPS) is 59.7. The molecule has 0 N–H and O–H groups in total. The Morgan fingerprint density at radius 1 is 1.40 bits per heavy atom. The molecular weight excluding hydrogens is 260 g/mol. The van der Waals surface area contributed by atoms with Crippen molar-refractivity contribution in [3.8, 4) is 0 Å². The van der Waals surface area contributed by atoms with Crippen LogP contribution in [-0.4, -0.2) is 21.4 Å². The van der Waals surface area contributed by atoms with Gasteiger partial charge in [0.25, 0.3) is 0 Å². The highest BCUT2D eigenvalue weighted by atomic mass is 79.9. The molecule has 2 aliphatic rings. The second-order valence-electron chi connectivity index (χ2n) is 3.39. The lowest BCUT2D eigenvalue weighted by atomic mass is 9.91. The zero-order chi connectivity index (χ0) is 7.35. The van der Waals surface area contributed by atoms with Gasteiger partial charge in [-0.3, -0.25) is 0 Å². The summed E-state index contributed by atoms with van der Waals surface area (Å²) >= 11 is 7.25. The van der Waals surface area contributed by atoms with Crippen LogP contribution in [0.1, 0.15) is 19.8 Å². The van der Waals surface area contributed by atoms with Crippen molar-refractivity contribution in [3.05, 3.63) is 0 Å². The first-order valence-corrected chi connectivity index (χ1v) is 5.41. The Morgan fingerprint density at radius 3 is 2.70 bits per heavy atom. The molecule has 58 valence electrons. The first-order chi connectivity index (χ1) is 4.62. The average molecular weight is 270 g/mol. The second kappa shape index (κ2) is 2.20. The topological polar surface area (TPSA) is 12.5 Å². The number of epoxide rings is 1. The van der Waals surface area contributed by atoms with Gasteiger partial charge < -0.3 is 4.74 Å². The van der Waals surface area contributed by atoms with Gasteiger partial charge in [0.1, 0.15) is 0 Å². The molecule has 0 aromatic heterocycles. The number of rotatable bonds is 0. The van der Waals surface area contributed by atoms with E-state index in [-0.39, 0.29) is 5.60 Å². The Labute approximate surface area is 77.8 Å². The predicted octanol–water partition coefficient (Wildman–Crippen LogP) is 2.46. The minimum absolute atomic E-state index is 0.221. The lowest BCUT2D eigenvalue weighted by molar-refractivity contribution is 0.306. The Bertz CT molecular complexity index is 162. The molecule has 0 aromatic rings. The van der Waals surface area contributed by atoms with Gasteiger partial charge in [0, 0.05) is 9.65 Å². The SMILES string of the molecule is C[C@@]12C[C@@H](Br)[C@H](Br)C[C@@H]1O2. The Hall–Kier alpha value is 0.920. The van der Waals surface area contributed by atoms with E-state index in [1.807, 2.05) is 0 Å². The summed E-state index contributed by atoms with van der Waals surface area (Å²) in [6.07, 6.45) is 2.84. The van der Waals surface area contributed by atoms with Crippen molar-refractivity contribution in [1.29, 1.82) is 0 Å². The zero-order valence-electron chi connectivity index (χ0n) is 5.81. The molecule has 2 fully saturated rings. The van der Waals surface area contributed by atoms with Crippen molar-refractivity contribution in [2.24, 2.45) is 0 Å². The van der Waals surface area contributed by atoms with E-state index >= 15 is 0 Å². The van der Waals surface area contributed by atoms with E-state index in [2.05, 4.69) is 38.8 Å². The Morgan fingerprint density at radius 2 is 2.10 bits per heavy atom. The van der Waals surface area contributed by atoms with Gasteiger partial charge in [-0.25, -0.2) is 0 Å². The number of fused-ring (bicyclic) bond motifs is 1. The maximum atomic E-state index is 5.55. The summed E-state index contributed by atoms with van der Waals surface area (Å²) in [7, 11) is 0. The van der Waals surface area contributed by atoms with Crippen LogP contribution in [0.3, 0.4) is 0 Å². The fourth-order valence-electron chi connectivity index (χ4n) is 1.64. The number of alkyl halides is 2. The van der Waals surface area contributed by atoms with Crippen LogP contribution in [0, 0.1) is 0 Å². The summed E-state index contributed by atoms with van der Waals surface area (Å²) in [4.78, 5) is 1.20.